The number of hydrogen-bond donors (Lipinski definition) is 1. The number of rotatable bonds is 3. The zero-order valence-electron chi connectivity index (χ0n) is 9.48. The van der Waals surface area contributed by atoms with Gasteiger partial charge in [-0.1, -0.05) is 18.2 Å². The number of aliphatic hydroxyl groups excluding tert-OH is 1. The lowest BCUT2D eigenvalue weighted by atomic mass is 10.0. The standard InChI is InChI=1S/C14H13FO2/c1-17-12-5-6-14(15)13(8-12)11-4-2-3-10(7-11)9-16/h2-8,16H,9H2,1H3. The molecular formula is C14H13FO2. The van der Waals surface area contributed by atoms with Crippen LogP contribution in [0.5, 0.6) is 5.75 Å². The van der Waals surface area contributed by atoms with Gasteiger partial charge in [0.1, 0.15) is 11.6 Å². The molecule has 17 heavy (non-hydrogen) atoms. The van der Waals surface area contributed by atoms with Crippen LogP contribution < -0.4 is 4.74 Å². The molecule has 1 N–H and O–H groups in total. The Balaban J connectivity index is 2.50. The Labute approximate surface area is 99.3 Å². The number of benzene rings is 2. The summed E-state index contributed by atoms with van der Waals surface area (Å²) in [7, 11) is 1.54. The van der Waals surface area contributed by atoms with Crippen molar-refractivity contribution < 1.29 is 14.2 Å². The van der Waals surface area contributed by atoms with Gasteiger partial charge in [-0.3, -0.25) is 0 Å². The average Bonchev–Trinajstić information content (AvgIpc) is 2.39. The van der Waals surface area contributed by atoms with Crippen molar-refractivity contribution in [2.24, 2.45) is 0 Å². The van der Waals surface area contributed by atoms with E-state index >= 15 is 0 Å². The topological polar surface area (TPSA) is 29.5 Å². The van der Waals surface area contributed by atoms with Crippen molar-refractivity contribution in [2.75, 3.05) is 7.11 Å². The SMILES string of the molecule is COc1ccc(F)c(-c2cccc(CO)c2)c1. The van der Waals surface area contributed by atoms with Crippen molar-refractivity contribution in [1.82, 2.24) is 0 Å². The summed E-state index contributed by atoms with van der Waals surface area (Å²) in [4.78, 5) is 0. The van der Waals surface area contributed by atoms with Gasteiger partial charge >= 0.3 is 0 Å². The second-order valence-electron chi connectivity index (χ2n) is 3.70. The molecule has 0 aromatic heterocycles. The van der Waals surface area contributed by atoms with Gasteiger partial charge in [-0.2, -0.15) is 0 Å². The minimum atomic E-state index is -0.305. The monoisotopic (exact) mass is 232 g/mol. The highest BCUT2D eigenvalue weighted by atomic mass is 19.1. The molecule has 0 radical (unpaired) electrons. The maximum atomic E-state index is 13.7. The van der Waals surface area contributed by atoms with Gasteiger partial charge in [-0.15, -0.1) is 0 Å². The second kappa shape index (κ2) is 4.97. The highest BCUT2D eigenvalue weighted by Gasteiger charge is 2.07. The quantitative estimate of drug-likeness (QED) is 0.881. The van der Waals surface area contributed by atoms with Crippen molar-refractivity contribution in [3.05, 3.63) is 53.8 Å². The van der Waals surface area contributed by atoms with E-state index in [4.69, 9.17) is 9.84 Å². The molecule has 2 nitrogen and oxygen atoms in total. The molecule has 0 aliphatic carbocycles. The van der Waals surface area contributed by atoms with Crippen LogP contribution in [0.2, 0.25) is 0 Å². The van der Waals surface area contributed by atoms with Crippen molar-refractivity contribution in [2.45, 2.75) is 6.61 Å². The number of hydrogen-bond acceptors (Lipinski definition) is 2. The van der Waals surface area contributed by atoms with Crippen molar-refractivity contribution in [3.8, 4) is 16.9 Å². The molecule has 88 valence electrons. The molecule has 0 bridgehead atoms. The van der Waals surface area contributed by atoms with Crippen molar-refractivity contribution >= 4 is 0 Å². The molecule has 0 atom stereocenters. The molecule has 0 heterocycles. The third-order valence-corrected chi connectivity index (χ3v) is 2.59. The Morgan fingerprint density at radius 3 is 2.71 bits per heavy atom. The lowest BCUT2D eigenvalue weighted by molar-refractivity contribution is 0.282. The Hall–Kier alpha value is -1.87. The fourth-order valence-electron chi connectivity index (χ4n) is 1.69. The predicted octanol–water partition coefficient (Wildman–Crippen LogP) is 2.99. The summed E-state index contributed by atoms with van der Waals surface area (Å²) in [6, 6.07) is 11.7. The molecule has 3 heteroatoms. The van der Waals surface area contributed by atoms with Gasteiger partial charge in [-0.25, -0.2) is 4.39 Å². The molecule has 0 saturated heterocycles. The first-order chi connectivity index (χ1) is 8.24. The highest BCUT2D eigenvalue weighted by Crippen LogP contribution is 2.27. The lowest BCUT2D eigenvalue weighted by Crippen LogP contribution is -1.90. The van der Waals surface area contributed by atoms with E-state index in [2.05, 4.69) is 0 Å². The van der Waals surface area contributed by atoms with Gasteiger partial charge in [-0.05, 0) is 35.4 Å². The molecule has 2 rings (SSSR count). The van der Waals surface area contributed by atoms with Crippen LogP contribution >= 0.6 is 0 Å². The van der Waals surface area contributed by atoms with E-state index in [9.17, 15) is 4.39 Å². The Morgan fingerprint density at radius 2 is 2.00 bits per heavy atom. The number of aliphatic hydroxyl groups is 1. The van der Waals surface area contributed by atoms with E-state index in [1.165, 1.54) is 6.07 Å². The zero-order chi connectivity index (χ0) is 12.3. The van der Waals surface area contributed by atoms with Gasteiger partial charge in [0.05, 0.1) is 13.7 Å². The van der Waals surface area contributed by atoms with E-state index in [1.54, 1.807) is 43.5 Å². The van der Waals surface area contributed by atoms with E-state index in [0.717, 1.165) is 11.1 Å². The third-order valence-electron chi connectivity index (χ3n) is 2.59. The number of halogens is 1. The Kier molecular flexibility index (Phi) is 3.40. The smallest absolute Gasteiger partial charge is 0.131 e. The largest absolute Gasteiger partial charge is 0.497 e. The van der Waals surface area contributed by atoms with E-state index in [0.29, 0.717) is 11.3 Å². The molecule has 0 unspecified atom stereocenters. The molecule has 0 saturated carbocycles. The van der Waals surface area contributed by atoms with Crippen LogP contribution in [0, 0.1) is 5.82 Å². The predicted molar refractivity (Wildman–Crippen MR) is 64.3 cm³/mol. The molecular weight excluding hydrogens is 219 g/mol. The first kappa shape index (κ1) is 11.6. The van der Waals surface area contributed by atoms with Gasteiger partial charge in [0.25, 0.3) is 0 Å². The Bertz CT molecular complexity index is 523. The van der Waals surface area contributed by atoms with E-state index < -0.39 is 0 Å². The summed E-state index contributed by atoms with van der Waals surface area (Å²) in [5.74, 6) is 0.302. The van der Waals surface area contributed by atoms with Gasteiger partial charge in [0.2, 0.25) is 0 Å². The lowest BCUT2D eigenvalue weighted by Gasteiger charge is -2.07. The summed E-state index contributed by atoms with van der Waals surface area (Å²) in [5, 5.41) is 9.06. The van der Waals surface area contributed by atoms with Crippen LogP contribution in [-0.2, 0) is 6.61 Å². The van der Waals surface area contributed by atoms with Crippen molar-refractivity contribution in [1.29, 1.82) is 0 Å². The minimum Gasteiger partial charge on any atom is -0.497 e. The maximum absolute atomic E-state index is 13.7. The van der Waals surface area contributed by atoms with Gasteiger partial charge in [0, 0.05) is 5.56 Å². The highest BCUT2D eigenvalue weighted by molar-refractivity contribution is 5.66. The minimum absolute atomic E-state index is 0.0561. The summed E-state index contributed by atoms with van der Waals surface area (Å²) in [6.07, 6.45) is 0. The number of methoxy groups -OCH3 is 1. The maximum Gasteiger partial charge on any atom is 0.131 e. The second-order valence-corrected chi connectivity index (χ2v) is 3.70. The van der Waals surface area contributed by atoms with Gasteiger partial charge < -0.3 is 9.84 Å². The molecule has 0 aliphatic heterocycles. The molecule has 0 spiro atoms. The Morgan fingerprint density at radius 1 is 1.18 bits per heavy atom. The summed E-state index contributed by atoms with van der Waals surface area (Å²) in [5.41, 5.74) is 1.96. The van der Waals surface area contributed by atoms with Crippen LogP contribution in [-0.4, -0.2) is 12.2 Å². The van der Waals surface area contributed by atoms with Gasteiger partial charge in [0.15, 0.2) is 0 Å². The summed E-state index contributed by atoms with van der Waals surface area (Å²) in [6.45, 7) is -0.0561. The fourth-order valence-corrected chi connectivity index (χ4v) is 1.69. The van der Waals surface area contributed by atoms with Crippen LogP contribution in [0.25, 0.3) is 11.1 Å². The average molecular weight is 232 g/mol. The molecule has 0 fully saturated rings. The first-order valence-electron chi connectivity index (χ1n) is 5.28. The van der Waals surface area contributed by atoms with Crippen LogP contribution in [0.15, 0.2) is 42.5 Å². The van der Waals surface area contributed by atoms with Crippen LogP contribution in [0.4, 0.5) is 4.39 Å². The molecule has 0 aliphatic rings. The molecule has 0 amide bonds. The molecule has 2 aromatic carbocycles. The normalized spacial score (nSPS) is 10.3. The van der Waals surface area contributed by atoms with E-state index in [1.807, 2.05) is 0 Å². The van der Waals surface area contributed by atoms with Crippen molar-refractivity contribution in [3.63, 3.8) is 0 Å². The molecule has 2 aromatic rings. The summed E-state index contributed by atoms with van der Waals surface area (Å²) >= 11 is 0. The fraction of sp³-hybridized carbons (Fsp3) is 0.143. The third kappa shape index (κ3) is 2.45. The summed E-state index contributed by atoms with van der Waals surface area (Å²) < 4.78 is 18.8. The van der Waals surface area contributed by atoms with E-state index in [-0.39, 0.29) is 12.4 Å². The first-order valence-corrected chi connectivity index (χ1v) is 5.28. The van der Waals surface area contributed by atoms with Crippen LogP contribution in [0.1, 0.15) is 5.56 Å². The number of ether oxygens (including phenoxy) is 1. The van der Waals surface area contributed by atoms with Crippen LogP contribution in [0.3, 0.4) is 0 Å². The zero-order valence-corrected chi connectivity index (χ0v) is 9.48.